The van der Waals surface area contributed by atoms with Crippen molar-refractivity contribution >= 4 is 0 Å². The van der Waals surface area contributed by atoms with E-state index in [4.69, 9.17) is 18.9 Å². The van der Waals surface area contributed by atoms with Gasteiger partial charge >= 0.3 is 0 Å². The molecule has 2 aliphatic rings. The Labute approximate surface area is 185 Å². The molecule has 0 spiro atoms. The molecule has 0 aromatic heterocycles. The minimum Gasteiger partial charge on any atom is -0.490 e. The molecule has 0 N–H and O–H groups in total. The number of benzene rings is 2. The Hall–Kier alpha value is -2.67. The third-order valence-electron chi connectivity index (χ3n) is 5.84. The van der Waals surface area contributed by atoms with Crippen LogP contribution in [-0.2, 0) is 11.2 Å². The first kappa shape index (κ1) is 22.5. The van der Waals surface area contributed by atoms with Crippen LogP contribution in [0.1, 0.15) is 43.7 Å². The molecule has 2 aromatic carbocycles. The van der Waals surface area contributed by atoms with Crippen molar-refractivity contribution < 1.29 is 32.1 Å². The molecule has 7 heteroatoms. The van der Waals surface area contributed by atoms with E-state index in [0.29, 0.717) is 17.7 Å². The lowest BCUT2D eigenvalue weighted by Gasteiger charge is -2.29. The van der Waals surface area contributed by atoms with Crippen LogP contribution in [0.15, 0.2) is 30.9 Å². The van der Waals surface area contributed by atoms with E-state index in [9.17, 15) is 13.2 Å². The van der Waals surface area contributed by atoms with Gasteiger partial charge in [0.2, 0.25) is 17.5 Å². The molecule has 2 atom stereocenters. The minimum absolute atomic E-state index is 0.0381. The van der Waals surface area contributed by atoms with Crippen molar-refractivity contribution in [3.8, 4) is 23.0 Å². The third kappa shape index (κ3) is 4.58. The smallest absolute Gasteiger partial charge is 0.207 e. The Kier molecular flexibility index (Phi) is 6.94. The monoisotopic (exact) mass is 448 g/mol. The minimum atomic E-state index is -1.19. The summed E-state index contributed by atoms with van der Waals surface area (Å²) in [5.74, 6) is -3.66. The second-order valence-corrected chi connectivity index (χ2v) is 8.23. The van der Waals surface area contributed by atoms with Crippen LogP contribution >= 0.6 is 0 Å². The van der Waals surface area contributed by atoms with Crippen molar-refractivity contribution in [3.63, 3.8) is 0 Å². The van der Waals surface area contributed by atoms with Gasteiger partial charge in [0.1, 0.15) is 6.61 Å². The van der Waals surface area contributed by atoms with Crippen molar-refractivity contribution in [1.29, 1.82) is 0 Å². The standard InChI is InChI=1S/C25H27F3O4/c1-3-5-18-8-6-15(13-30-18)14-31-20-12-17-11-16-7-9-19(29-10-4-2)22(27)24(16)32-25(17)23(28)21(20)26/h4,7,9,12,15,18H,2-3,5-6,8,10-11,13-14H2,1H3. The molecule has 0 bridgehead atoms. The van der Waals surface area contributed by atoms with Gasteiger partial charge in [-0.2, -0.15) is 13.2 Å². The topological polar surface area (TPSA) is 36.9 Å². The van der Waals surface area contributed by atoms with Crippen molar-refractivity contribution in [1.82, 2.24) is 0 Å². The fraction of sp³-hybridized carbons (Fsp3) is 0.440. The van der Waals surface area contributed by atoms with Crippen LogP contribution < -0.4 is 14.2 Å². The van der Waals surface area contributed by atoms with E-state index in [0.717, 1.165) is 25.7 Å². The van der Waals surface area contributed by atoms with E-state index >= 15 is 0 Å². The SMILES string of the molecule is C=CCOc1ccc2c(c1F)Oc1c(cc(OCC3CCC(CCC)OC3)c(F)c1F)C2. The second kappa shape index (κ2) is 9.86. The van der Waals surface area contributed by atoms with Crippen LogP contribution in [0.4, 0.5) is 13.2 Å². The van der Waals surface area contributed by atoms with E-state index in [2.05, 4.69) is 13.5 Å². The molecular formula is C25H27F3O4. The van der Waals surface area contributed by atoms with E-state index < -0.39 is 17.5 Å². The Morgan fingerprint density at radius 1 is 1.03 bits per heavy atom. The average molecular weight is 448 g/mol. The lowest BCUT2D eigenvalue weighted by molar-refractivity contribution is -0.0310. The fourth-order valence-electron chi connectivity index (χ4n) is 4.13. The first-order valence-corrected chi connectivity index (χ1v) is 11.0. The van der Waals surface area contributed by atoms with Crippen LogP contribution in [0, 0.1) is 23.4 Å². The molecule has 2 heterocycles. The normalized spacial score (nSPS) is 19.5. The molecule has 2 aromatic rings. The molecule has 0 amide bonds. The highest BCUT2D eigenvalue weighted by molar-refractivity contribution is 5.55. The highest BCUT2D eigenvalue weighted by atomic mass is 19.2. The van der Waals surface area contributed by atoms with Crippen molar-refractivity contribution in [3.05, 3.63) is 59.4 Å². The van der Waals surface area contributed by atoms with Gasteiger partial charge in [-0.3, -0.25) is 0 Å². The van der Waals surface area contributed by atoms with Crippen LogP contribution in [0.2, 0.25) is 0 Å². The van der Waals surface area contributed by atoms with Gasteiger partial charge in [-0.1, -0.05) is 32.1 Å². The number of rotatable bonds is 8. The molecule has 0 saturated carbocycles. The zero-order valence-electron chi connectivity index (χ0n) is 18.1. The molecule has 172 valence electrons. The number of ether oxygens (including phenoxy) is 4. The average Bonchev–Trinajstić information content (AvgIpc) is 2.80. The maximum absolute atomic E-state index is 14.8. The summed E-state index contributed by atoms with van der Waals surface area (Å²) in [5, 5.41) is 0. The van der Waals surface area contributed by atoms with Crippen LogP contribution in [0.3, 0.4) is 0 Å². The number of halogens is 3. The fourth-order valence-corrected chi connectivity index (χ4v) is 4.13. The molecule has 0 radical (unpaired) electrons. The summed E-state index contributed by atoms with van der Waals surface area (Å²) in [6, 6.07) is 4.56. The van der Waals surface area contributed by atoms with Gasteiger partial charge in [0.25, 0.3) is 0 Å². The molecular weight excluding hydrogens is 421 g/mol. The molecule has 2 unspecified atom stereocenters. The summed E-state index contributed by atoms with van der Waals surface area (Å²) in [5.41, 5.74) is 0.911. The summed E-state index contributed by atoms with van der Waals surface area (Å²) in [7, 11) is 0. The number of hydrogen-bond acceptors (Lipinski definition) is 4. The molecule has 1 saturated heterocycles. The summed E-state index contributed by atoms with van der Waals surface area (Å²) in [6.45, 7) is 6.54. The maximum atomic E-state index is 14.8. The predicted molar refractivity (Wildman–Crippen MR) is 114 cm³/mol. The van der Waals surface area contributed by atoms with Gasteiger partial charge in [0.05, 0.1) is 19.3 Å². The Morgan fingerprint density at radius 3 is 2.56 bits per heavy atom. The maximum Gasteiger partial charge on any atom is 0.207 e. The van der Waals surface area contributed by atoms with E-state index in [1.54, 1.807) is 6.07 Å². The first-order valence-electron chi connectivity index (χ1n) is 11.0. The highest BCUT2D eigenvalue weighted by Crippen LogP contribution is 2.44. The summed E-state index contributed by atoms with van der Waals surface area (Å²) < 4.78 is 66.4. The quantitative estimate of drug-likeness (QED) is 0.377. The zero-order chi connectivity index (χ0) is 22.7. The van der Waals surface area contributed by atoms with Crippen LogP contribution in [0.5, 0.6) is 23.0 Å². The van der Waals surface area contributed by atoms with Gasteiger partial charge in [-0.25, -0.2) is 0 Å². The van der Waals surface area contributed by atoms with Gasteiger partial charge in [-0.15, -0.1) is 0 Å². The Morgan fingerprint density at radius 2 is 1.84 bits per heavy atom. The Bertz CT molecular complexity index is 984. The van der Waals surface area contributed by atoms with Gasteiger partial charge in [0.15, 0.2) is 23.0 Å². The third-order valence-corrected chi connectivity index (χ3v) is 5.84. The number of fused-ring (bicyclic) bond motifs is 2. The van der Waals surface area contributed by atoms with Gasteiger partial charge < -0.3 is 18.9 Å². The van der Waals surface area contributed by atoms with Crippen LogP contribution in [0.25, 0.3) is 0 Å². The highest BCUT2D eigenvalue weighted by Gasteiger charge is 2.30. The van der Waals surface area contributed by atoms with E-state index in [1.165, 1.54) is 18.2 Å². The molecule has 1 fully saturated rings. The predicted octanol–water partition coefficient (Wildman–Crippen LogP) is 6.34. The second-order valence-electron chi connectivity index (χ2n) is 8.23. The lowest BCUT2D eigenvalue weighted by atomic mass is 9.97. The van der Waals surface area contributed by atoms with Gasteiger partial charge in [-0.05, 0) is 31.4 Å². The van der Waals surface area contributed by atoms with E-state index in [1.807, 2.05) is 0 Å². The van der Waals surface area contributed by atoms with E-state index in [-0.39, 0.29) is 54.7 Å². The van der Waals surface area contributed by atoms with Crippen molar-refractivity contribution in [2.24, 2.45) is 5.92 Å². The molecule has 2 aliphatic heterocycles. The van der Waals surface area contributed by atoms with Crippen molar-refractivity contribution in [2.75, 3.05) is 19.8 Å². The lowest BCUT2D eigenvalue weighted by Crippen LogP contribution is -2.29. The first-order chi connectivity index (χ1) is 15.5. The zero-order valence-corrected chi connectivity index (χ0v) is 18.1. The van der Waals surface area contributed by atoms with Crippen LogP contribution in [-0.4, -0.2) is 25.9 Å². The summed E-state index contributed by atoms with van der Waals surface area (Å²) >= 11 is 0. The largest absolute Gasteiger partial charge is 0.490 e. The molecule has 32 heavy (non-hydrogen) atoms. The molecule has 4 nitrogen and oxygen atoms in total. The van der Waals surface area contributed by atoms with Gasteiger partial charge in [0, 0.05) is 23.5 Å². The molecule has 4 rings (SSSR count). The molecule has 0 aliphatic carbocycles. The van der Waals surface area contributed by atoms with Crippen molar-refractivity contribution in [2.45, 2.75) is 45.1 Å². The summed E-state index contributed by atoms with van der Waals surface area (Å²) in [4.78, 5) is 0. The summed E-state index contributed by atoms with van der Waals surface area (Å²) in [6.07, 6.45) is 5.90. The number of hydrogen-bond donors (Lipinski definition) is 0. The Balaban J connectivity index is 1.48.